The first-order chi connectivity index (χ1) is 15.8. The largest absolute Gasteiger partial charge is 0.490 e. The number of rotatable bonds is 9. The molecule has 2 aliphatic heterocycles. The highest BCUT2D eigenvalue weighted by molar-refractivity contribution is 14.0. The lowest BCUT2D eigenvalue weighted by molar-refractivity contribution is 0.0168. The molecule has 1 unspecified atom stereocenters. The second kappa shape index (κ2) is 13.6. The van der Waals surface area contributed by atoms with Crippen LogP contribution in [0.3, 0.4) is 0 Å². The molecule has 0 bridgehead atoms. The van der Waals surface area contributed by atoms with Crippen LogP contribution in [0, 0.1) is 0 Å². The Morgan fingerprint density at radius 3 is 2.88 bits per heavy atom. The average Bonchev–Trinajstić information content (AvgIpc) is 3.40. The molecule has 1 aromatic carbocycles. The Balaban J connectivity index is 0.00000306. The molecule has 10 heteroatoms. The SMILES string of the molecule is Cn1cc(CN=C(NCCCOCC2CCCO2)Nc2ccc3c(c2)OCCCO3)cn1.I. The van der Waals surface area contributed by atoms with Gasteiger partial charge in [0.05, 0.1) is 38.7 Å². The predicted octanol–water partition coefficient (Wildman–Crippen LogP) is 3.34. The van der Waals surface area contributed by atoms with Gasteiger partial charge >= 0.3 is 0 Å². The molecular weight excluding hydrogens is 537 g/mol. The van der Waals surface area contributed by atoms with Gasteiger partial charge in [0.15, 0.2) is 17.5 Å². The first-order valence-electron chi connectivity index (χ1n) is 11.4. The van der Waals surface area contributed by atoms with Gasteiger partial charge in [-0.3, -0.25) is 4.68 Å². The summed E-state index contributed by atoms with van der Waals surface area (Å²) in [5.74, 6) is 2.22. The van der Waals surface area contributed by atoms with E-state index in [0.29, 0.717) is 38.9 Å². The maximum atomic E-state index is 5.81. The van der Waals surface area contributed by atoms with Crippen molar-refractivity contribution in [1.82, 2.24) is 15.1 Å². The van der Waals surface area contributed by atoms with Crippen molar-refractivity contribution in [2.45, 2.75) is 38.3 Å². The Hall–Kier alpha value is -2.05. The van der Waals surface area contributed by atoms with Gasteiger partial charge in [0.1, 0.15) is 0 Å². The molecule has 1 aromatic heterocycles. The van der Waals surface area contributed by atoms with Crippen molar-refractivity contribution in [1.29, 1.82) is 0 Å². The van der Waals surface area contributed by atoms with Crippen molar-refractivity contribution in [2.75, 3.05) is 44.9 Å². The van der Waals surface area contributed by atoms with Crippen LogP contribution in [0.2, 0.25) is 0 Å². The van der Waals surface area contributed by atoms with Gasteiger partial charge < -0.3 is 29.6 Å². The van der Waals surface area contributed by atoms with Gasteiger partial charge in [0.25, 0.3) is 0 Å². The lowest BCUT2D eigenvalue weighted by Crippen LogP contribution is -2.32. The third-order valence-electron chi connectivity index (χ3n) is 5.27. The molecule has 2 aromatic rings. The number of aryl methyl sites for hydroxylation is 1. The fourth-order valence-electron chi connectivity index (χ4n) is 3.61. The summed E-state index contributed by atoms with van der Waals surface area (Å²) < 4.78 is 24.7. The number of nitrogens with zero attached hydrogens (tertiary/aromatic N) is 3. The maximum Gasteiger partial charge on any atom is 0.196 e. The van der Waals surface area contributed by atoms with Crippen LogP contribution in [0.15, 0.2) is 35.6 Å². The summed E-state index contributed by atoms with van der Waals surface area (Å²) in [4.78, 5) is 4.72. The number of ether oxygens (including phenoxy) is 4. The molecule has 0 radical (unpaired) electrons. The van der Waals surface area contributed by atoms with E-state index in [4.69, 9.17) is 23.9 Å². The molecule has 2 aliphatic rings. The summed E-state index contributed by atoms with van der Waals surface area (Å²) in [5, 5.41) is 11.0. The number of hydrogen-bond acceptors (Lipinski definition) is 6. The standard InChI is InChI=1S/C23H33N5O4.HI/c1-28-16-18(15-26-28)14-25-23(24-8-3-9-29-17-20-5-2-10-30-20)27-19-6-7-21-22(13-19)32-12-4-11-31-21;/h6-7,13,15-16,20H,2-5,8-12,14,17H2,1H3,(H2,24,25,27);1H. The van der Waals surface area contributed by atoms with Crippen molar-refractivity contribution >= 4 is 35.6 Å². The monoisotopic (exact) mass is 571 g/mol. The summed E-state index contributed by atoms with van der Waals surface area (Å²) in [7, 11) is 1.90. The van der Waals surface area contributed by atoms with Crippen molar-refractivity contribution in [3.63, 3.8) is 0 Å². The molecule has 1 saturated heterocycles. The van der Waals surface area contributed by atoms with E-state index in [2.05, 4.69) is 15.7 Å². The van der Waals surface area contributed by atoms with Gasteiger partial charge in [-0.05, 0) is 31.4 Å². The number of aromatic nitrogens is 2. The Morgan fingerprint density at radius 1 is 1.21 bits per heavy atom. The highest BCUT2D eigenvalue weighted by atomic mass is 127. The predicted molar refractivity (Wildman–Crippen MR) is 138 cm³/mol. The van der Waals surface area contributed by atoms with Gasteiger partial charge in [0.2, 0.25) is 0 Å². The van der Waals surface area contributed by atoms with Gasteiger partial charge in [0, 0.05) is 56.7 Å². The first kappa shape index (κ1) is 25.6. The van der Waals surface area contributed by atoms with Crippen molar-refractivity contribution < 1.29 is 18.9 Å². The minimum absolute atomic E-state index is 0. The molecule has 2 N–H and O–H groups in total. The molecular formula is C23H34IN5O4. The van der Waals surface area contributed by atoms with Crippen molar-refractivity contribution in [3.8, 4) is 11.5 Å². The van der Waals surface area contributed by atoms with E-state index in [1.165, 1.54) is 0 Å². The van der Waals surface area contributed by atoms with Gasteiger partial charge in [-0.15, -0.1) is 24.0 Å². The van der Waals surface area contributed by atoms with Gasteiger partial charge in [-0.25, -0.2) is 4.99 Å². The average molecular weight is 571 g/mol. The second-order valence-electron chi connectivity index (χ2n) is 8.01. The third kappa shape index (κ3) is 8.35. The highest BCUT2D eigenvalue weighted by Gasteiger charge is 2.15. The quantitative estimate of drug-likeness (QED) is 0.207. The van der Waals surface area contributed by atoms with Crippen LogP contribution in [-0.2, 0) is 23.1 Å². The van der Waals surface area contributed by atoms with E-state index in [1.54, 1.807) is 4.68 Å². The topological polar surface area (TPSA) is 91.2 Å². The van der Waals surface area contributed by atoms with Crippen LogP contribution in [0.1, 0.15) is 31.2 Å². The Bertz CT molecular complexity index is 885. The van der Waals surface area contributed by atoms with E-state index < -0.39 is 0 Å². The lowest BCUT2D eigenvalue weighted by atomic mass is 10.2. The summed E-state index contributed by atoms with van der Waals surface area (Å²) in [6.45, 7) is 4.83. The molecule has 0 spiro atoms. The van der Waals surface area contributed by atoms with E-state index >= 15 is 0 Å². The summed E-state index contributed by atoms with van der Waals surface area (Å²) in [5.41, 5.74) is 1.94. The Morgan fingerprint density at radius 2 is 2.09 bits per heavy atom. The van der Waals surface area contributed by atoms with E-state index in [1.807, 2.05) is 37.6 Å². The second-order valence-corrected chi connectivity index (χ2v) is 8.01. The summed E-state index contributed by atoms with van der Waals surface area (Å²) in [6, 6.07) is 5.85. The van der Waals surface area contributed by atoms with Crippen LogP contribution < -0.4 is 20.1 Å². The van der Waals surface area contributed by atoms with Crippen LogP contribution in [0.25, 0.3) is 0 Å². The number of guanidine groups is 1. The van der Waals surface area contributed by atoms with Crippen LogP contribution in [0.4, 0.5) is 5.69 Å². The zero-order valence-corrected chi connectivity index (χ0v) is 21.5. The minimum atomic E-state index is 0. The number of nitrogens with one attached hydrogen (secondary N) is 2. The zero-order chi connectivity index (χ0) is 22.0. The van der Waals surface area contributed by atoms with E-state index in [0.717, 1.165) is 61.6 Å². The van der Waals surface area contributed by atoms with Gasteiger partial charge in [-0.1, -0.05) is 0 Å². The fourth-order valence-corrected chi connectivity index (χ4v) is 3.61. The summed E-state index contributed by atoms with van der Waals surface area (Å²) in [6.07, 6.45) is 8.05. The number of benzene rings is 1. The zero-order valence-electron chi connectivity index (χ0n) is 19.1. The molecule has 0 amide bonds. The normalized spacial score (nSPS) is 17.8. The van der Waals surface area contributed by atoms with Crippen LogP contribution >= 0.6 is 24.0 Å². The molecule has 0 saturated carbocycles. The molecule has 1 fully saturated rings. The molecule has 9 nitrogen and oxygen atoms in total. The number of hydrogen-bond donors (Lipinski definition) is 2. The third-order valence-corrected chi connectivity index (χ3v) is 5.27. The Kier molecular flexibility index (Phi) is 10.5. The van der Waals surface area contributed by atoms with Gasteiger partial charge in [-0.2, -0.15) is 5.10 Å². The number of halogens is 1. The number of fused-ring (bicyclic) bond motifs is 1. The highest BCUT2D eigenvalue weighted by Crippen LogP contribution is 2.32. The molecule has 4 rings (SSSR count). The number of aliphatic imine (C=N–C) groups is 1. The van der Waals surface area contributed by atoms with Crippen LogP contribution in [-0.4, -0.2) is 61.4 Å². The van der Waals surface area contributed by atoms with Crippen molar-refractivity contribution in [2.24, 2.45) is 12.0 Å². The first-order valence-corrected chi connectivity index (χ1v) is 11.4. The number of anilines is 1. The van der Waals surface area contributed by atoms with E-state index in [-0.39, 0.29) is 30.1 Å². The molecule has 3 heterocycles. The minimum Gasteiger partial charge on any atom is -0.490 e. The smallest absolute Gasteiger partial charge is 0.196 e. The maximum absolute atomic E-state index is 5.81. The molecule has 33 heavy (non-hydrogen) atoms. The van der Waals surface area contributed by atoms with Crippen molar-refractivity contribution in [3.05, 3.63) is 36.2 Å². The fraction of sp³-hybridized carbons (Fsp3) is 0.565. The molecule has 182 valence electrons. The summed E-state index contributed by atoms with van der Waals surface area (Å²) >= 11 is 0. The Labute approximate surface area is 212 Å². The lowest BCUT2D eigenvalue weighted by Gasteiger charge is -2.15. The van der Waals surface area contributed by atoms with E-state index in [9.17, 15) is 0 Å². The molecule has 1 atom stereocenters. The van der Waals surface area contributed by atoms with Crippen LogP contribution in [0.5, 0.6) is 11.5 Å². The molecule has 0 aliphatic carbocycles.